The number of anilines is 1. The summed E-state index contributed by atoms with van der Waals surface area (Å²) in [5, 5.41) is 7.74. The summed E-state index contributed by atoms with van der Waals surface area (Å²) in [6.07, 6.45) is 1.17. The lowest BCUT2D eigenvalue weighted by molar-refractivity contribution is 0.481. The van der Waals surface area contributed by atoms with Gasteiger partial charge in [0.2, 0.25) is 5.89 Å². The second-order valence-electron chi connectivity index (χ2n) is 4.38. The van der Waals surface area contributed by atoms with Crippen molar-refractivity contribution in [3.05, 3.63) is 5.89 Å². The molecule has 0 saturated carbocycles. The molecule has 0 radical (unpaired) electrons. The van der Waals surface area contributed by atoms with E-state index in [0.717, 1.165) is 6.54 Å². The molecule has 1 aromatic rings. The van der Waals surface area contributed by atoms with Crippen molar-refractivity contribution in [2.75, 3.05) is 11.4 Å². The van der Waals surface area contributed by atoms with Gasteiger partial charge in [0.25, 0.3) is 0 Å². The molecule has 84 valence electrons. The molecule has 0 bridgehead atoms. The molecule has 1 saturated heterocycles. The van der Waals surface area contributed by atoms with Crippen molar-refractivity contribution in [2.24, 2.45) is 5.92 Å². The van der Waals surface area contributed by atoms with Crippen LogP contribution >= 0.6 is 11.6 Å². The van der Waals surface area contributed by atoms with E-state index >= 15 is 0 Å². The molecule has 3 unspecified atom stereocenters. The van der Waals surface area contributed by atoms with E-state index < -0.39 is 0 Å². The van der Waals surface area contributed by atoms with Crippen LogP contribution in [0.15, 0.2) is 4.42 Å². The van der Waals surface area contributed by atoms with E-state index in [1.807, 2.05) is 6.92 Å². The van der Waals surface area contributed by atoms with Gasteiger partial charge in [0, 0.05) is 12.6 Å². The first-order valence-electron chi connectivity index (χ1n) is 5.32. The van der Waals surface area contributed by atoms with Crippen LogP contribution in [-0.4, -0.2) is 22.8 Å². The summed E-state index contributed by atoms with van der Waals surface area (Å²) in [5.41, 5.74) is 0. The quantitative estimate of drug-likeness (QED) is 0.732. The molecular formula is C10H16ClN3O. The average Bonchev–Trinajstić information content (AvgIpc) is 2.71. The van der Waals surface area contributed by atoms with Crippen molar-refractivity contribution in [1.82, 2.24) is 10.2 Å². The largest absolute Gasteiger partial charge is 0.406 e. The van der Waals surface area contributed by atoms with Crippen LogP contribution in [0.3, 0.4) is 0 Å². The highest BCUT2D eigenvalue weighted by Gasteiger charge is 2.30. The highest BCUT2D eigenvalue weighted by Crippen LogP contribution is 2.29. The lowest BCUT2D eigenvalue weighted by atomic mass is 10.1. The van der Waals surface area contributed by atoms with Crippen molar-refractivity contribution in [2.45, 2.75) is 38.6 Å². The Bertz CT molecular complexity index is 339. The number of alkyl halides is 1. The molecule has 4 nitrogen and oxygen atoms in total. The number of halogens is 1. The molecule has 0 aromatic carbocycles. The van der Waals surface area contributed by atoms with E-state index in [1.165, 1.54) is 6.42 Å². The third-order valence-corrected chi connectivity index (χ3v) is 2.99. The van der Waals surface area contributed by atoms with Crippen molar-refractivity contribution in [3.8, 4) is 0 Å². The van der Waals surface area contributed by atoms with Crippen molar-refractivity contribution >= 4 is 17.6 Å². The van der Waals surface area contributed by atoms with E-state index in [2.05, 4.69) is 28.9 Å². The SMILES string of the molecule is CC1CC(C)N(c2nnc(C(C)Cl)o2)C1. The van der Waals surface area contributed by atoms with Gasteiger partial charge in [-0.25, -0.2) is 0 Å². The lowest BCUT2D eigenvalue weighted by Gasteiger charge is -2.17. The monoisotopic (exact) mass is 229 g/mol. The molecular weight excluding hydrogens is 214 g/mol. The van der Waals surface area contributed by atoms with Gasteiger partial charge in [-0.2, -0.15) is 0 Å². The Morgan fingerprint density at radius 1 is 1.47 bits per heavy atom. The van der Waals surface area contributed by atoms with E-state index in [-0.39, 0.29) is 5.38 Å². The summed E-state index contributed by atoms with van der Waals surface area (Å²) < 4.78 is 5.52. The molecule has 0 N–H and O–H groups in total. The Hall–Kier alpha value is -0.770. The molecule has 5 heteroatoms. The van der Waals surface area contributed by atoms with Gasteiger partial charge in [-0.3, -0.25) is 0 Å². The van der Waals surface area contributed by atoms with Crippen molar-refractivity contribution in [1.29, 1.82) is 0 Å². The van der Waals surface area contributed by atoms with Crippen LogP contribution in [0.5, 0.6) is 0 Å². The summed E-state index contributed by atoms with van der Waals surface area (Å²) in [6.45, 7) is 7.23. The lowest BCUT2D eigenvalue weighted by Crippen LogP contribution is -2.26. The minimum atomic E-state index is -0.221. The number of hydrogen-bond acceptors (Lipinski definition) is 4. The Morgan fingerprint density at radius 2 is 2.20 bits per heavy atom. The van der Waals surface area contributed by atoms with Gasteiger partial charge in [-0.05, 0) is 26.2 Å². The normalized spacial score (nSPS) is 28.4. The standard InChI is InChI=1S/C10H16ClN3O/c1-6-4-7(2)14(5-6)10-13-12-9(15-10)8(3)11/h6-8H,4-5H2,1-3H3. The zero-order valence-corrected chi connectivity index (χ0v) is 10.0. The highest BCUT2D eigenvalue weighted by atomic mass is 35.5. The first kappa shape index (κ1) is 10.7. The Morgan fingerprint density at radius 3 is 2.67 bits per heavy atom. The maximum atomic E-state index is 5.87. The second kappa shape index (κ2) is 4.00. The maximum absolute atomic E-state index is 5.87. The van der Waals surface area contributed by atoms with Crippen LogP contribution in [-0.2, 0) is 0 Å². The van der Waals surface area contributed by atoms with E-state index in [9.17, 15) is 0 Å². The Balaban J connectivity index is 2.15. The number of nitrogens with zero attached hydrogens (tertiary/aromatic N) is 3. The van der Waals surface area contributed by atoms with Crippen LogP contribution in [0.25, 0.3) is 0 Å². The van der Waals surface area contributed by atoms with Gasteiger partial charge in [0.1, 0.15) is 5.38 Å². The Labute approximate surface area is 94.6 Å². The zero-order valence-electron chi connectivity index (χ0n) is 9.27. The van der Waals surface area contributed by atoms with Crippen molar-refractivity contribution in [3.63, 3.8) is 0 Å². The van der Waals surface area contributed by atoms with Crippen LogP contribution in [0.1, 0.15) is 38.5 Å². The predicted molar refractivity (Wildman–Crippen MR) is 59.2 cm³/mol. The maximum Gasteiger partial charge on any atom is 0.318 e. The smallest absolute Gasteiger partial charge is 0.318 e. The van der Waals surface area contributed by atoms with Gasteiger partial charge >= 0.3 is 6.01 Å². The van der Waals surface area contributed by atoms with Gasteiger partial charge in [0.15, 0.2) is 0 Å². The fourth-order valence-electron chi connectivity index (χ4n) is 2.07. The average molecular weight is 230 g/mol. The van der Waals surface area contributed by atoms with E-state index in [4.69, 9.17) is 16.0 Å². The summed E-state index contributed by atoms with van der Waals surface area (Å²) in [7, 11) is 0. The molecule has 2 rings (SSSR count). The topological polar surface area (TPSA) is 42.2 Å². The first-order valence-corrected chi connectivity index (χ1v) is 5.75. The zero-order chi connectivity index (χ0) is 11.0. The summed E-state index contributed by atoms with van der Waals surface area (Å²) in [4.78, 5) is 2.15. The van der Waals surface area contributed by atoms with Crippen LogP contribution in [0.4, 0.5) is 6.01 Å². The van der Waals surface area contributed by atoms with Gasteiger partial charge < -0.3 is 9.32 Å². The third-order valence-electron chi connectivity index (χ3n) is 2.80. The molecule has 0 amide bonds. The van der Waals surface area contributed by atoms with E-state index in [1.54, 1.807) is 0 Å². The molecule has 1 fully saturated rings. The van der Waals surface area contributed by atoms with Gasteiger partial charge in [-0.15, -0.1) is 16.7 Å². The molecule has 3 atom stereocenters. The predicted octanol–water partition coefficient (Wildman–Crippen LogP) is 2.60. The highest BCUT2D eigenvalue weighted by molar-refractivity contribution is 6.20. The molecule has 15 heavy (non-hydrogen) atoms. The second-order valence-corrected chi connectivity index (χ2v) is 5.04. The number of rotatable bonds is 2. The van der Waals surface area contributed by atoms with Gasteiger partial charge in [-0.1, -0.05) is 12.0 Å². The van der Waals surface area contributed by atoms with Crippen molar-refractivity contribution < 1.29 is 4.42 Å². The molecule has 0 spiro atoms. The molecule has 1 aromatic heterocycles. The minimum absolute atomic E-state index is 0.221. The summed E-state index contributed by atoms with van der Waals surface area (Å²) >= 11 is 5.87. The fraction of sp³-hybridized carbons (Fsp3) is 0.800. The number of aromatic nitrogens is 2. The number of hydrogen-bond donors (Lipinski definition) is 0. The molecule has 1 aliphatic rings. The van der Waals surface area contributed by atoms with E-state index in [0.29, 0.717) is 23.9 Å². The summed E-state index contributed by atoms with van der Waals surface area (Å²) in [6, 6.07) is 1.08. The van der Waals surface area contributed by atoms with Crippen LogP contribution in [0.2, 0.25) is 0 Å². The summed E-state index contributed by atoms with van der Waals surface area (Å²) in [5.74, 6) is 1.18. The Kier molecular flexibility index (Phi) is 2.87. The first-order chi connectivity index (χ1) is 7.08. The van der Waals surface area contributed by atoms with Crippen LogP contribution in [0, 0.1) is 5.92 Å². The fourth-order valence-corrected chi connectivity index (χ4v) is 2.16. The molecule has 2 heterocycles. The van der Waals surface area contributed by atoms with Gasteiger partial charge in [0.05, 0.1) is 0 Å². The molecule has 1 aliphatic heterocycles. The van der Waals surface area contributed by atoms with Crippen LogP contribution < -0.4 is 4.90 Å². The molecule has 0 aliphatic carbocycles. The minimum Gasteiger partial charge on any atom is -0.406 e. The third kappa shape index (κ3) is 2.09.